The summed E-state index contributed by atoms with van der Waals surface area (Å²) < 4.78 is 56.1. The third kappa shape index (κ3) is 3.33. The molecule has 1 N–H and O–H groups in total. The summed E-state index contributed by atoms with van der Waals surface area (Å²) >= 11 is 0. The first-order valence-corrected chi connectivity index (χ1v) is 5.94. The molecule has 0 radical (unpaired) electrons. The highest BCUT2D eigenvalue weighted by Gasteiger charge is 2.34. The van der Waals surface area contributed by atoms with Gasteiger partial charge in [0.1, 0.15) is 22.8 Å². The number of aryl methyl sites for hydroxylation is 1. The second-order valence-electron chi connectivity index (χ2n) is 4.36. The van der Waals surface area contributed by atoms with E-state index < -0.39 is 35.1 Å². The second-order valence-corrected chi connectivity index (χ2v) is 4.36. The monoisotopic (exact) mass is 315 g/mol. The average molecular weight is 315 g/mol. The van der Waals surface area contributed by atoms with Gasteiger partial charge in [-0.2, -0.15) is 13.2 Å². The Kier molecular flexibility index (Phi) is 4.03. The third-order valence-electron chi connectivity index (χ3n) is 2.72. The van der Waals surface area contributed by atoms with Gasteiger partial charge in [-0.3, -0.25) is 0 Å². The van der Waals surface area contributed by atoms with Crippen molar-refractivity contribution in [2.24, 2.45) is 0 Å². The summed E-state index contributed by atoms with van der Waals surface area (Å²) in [6.07, 6.45) is -4.74. The zero-order chi connectivity index (χ0) is 16.5. The second kappa shape index (κ2) is 5.63. The van der Waals surface area contributed by atoms with Crippen molar-refractivity contribution < 1.29 is 32.2 Å². The van der Waals surface area contributed by atoms with Crippen LogP contribution in [0.3, 0.4) is 0 Å². The molecule has 1 aromatic carbocycles. The van der Waals surface area contributed by atoms with Crippen molar-refractivity contribution in [3.05, 3.63) is 53.0 Å². The summed E-state index contributed by atoms with van der Waals surface area (Å²) in [6, 6.07) is 4.62. The minimum absolute atomic E-state index is 0.00993. The molecule has 1 heterocycles. The SMILES string of the molecule is Cc1cc(F)ccc1Oc1nc(C(F)(F)F)ccc1C(=O)O. The largest absolute Gasteiger partial charge is 0.477 e. The third-order valence-corrected chi connectivity index (χ3v) is 2.72. The number of hydrogen-bond acceptors (Lipinski definition) is 3. The number of alkyl halides is 3. The first-order chi connectivity index (χ1) is 10.2. The van der Waals surface area contributed by atoms with Crippen LogP contribution >= 0.6 is 0 Å². The predicted molar refractivity (Wildman–Crippen MR) is 67.4 cm³/mol. The maximum absolute atomic E-state index is 13.0. The molecule has 116 valence electrons. The van der Waals surface area contributed by atoms with Gasteiger partial charge in [-0.1, -0.05) is 0 Å². The Labute approximate surface area is 122 Å². The summed E-state index contributed by atoms with van der Waals surface area (Å²) in [5, 5.41) is 8.99. The number of aromatic carboxylic acids is 1. The summed E-state index contributed by atoms with van der Waals surface area (Å²) in [7, 11) is 0. The molecule has 0 atom stereocenters. The molecule has 0 fully saturated rings. The Balaban J connectivity index is 2.49. The van der Waals surface area contributed by atoms with E-state index in [0.29, 0.717) is 6.07 Å². The van der Waals surface area contributed by atoms with E-state index in [1.54, 1.807) is 0 Å². The van der Waals surface area contributed by atoms with Crippen LogP contribution in [0.2, 0.25) is 0 Å². The fraction of sp³-hybridized carbons (Fsp3) is 0.143. The van der Waals surface area contributed by atoms with Gasteiger partial charge in [-0.15, -0.1) is 0 Å². The molecule has 8 heteroatoms. The van der Waals surface area contributed by atoms with Gasteiger partial charge < -0.3 is 9.84 Å². The molecule has 2 aromatic rings. The molecule has 1 aromatic heterocycles. The minimum atomic E-state index is -4.74. The number of ether oxygens (including phenoxy) is 1. The molecule has 0 saturated heterocycles. The van der Waals surface area contributed by atoms with Crippen molar-refractivity contribution >= 4 is 5.97 Å². The van der Waals surface area contributed by atoms with Gasteiger partial charge >= 0.3 is 12.1 Å². The maximum Gasteiger partial charge on any atom is 0.433 e. The first kappa shape index (κ1) is 15.7. The Morgan fingerprint density at radius 2 is 1.91 bits per heavy atom. The van der Waals surface area contributed by atoms with Crippen LogP contribution in [0.15, 0.2) is 30.3 Å². The molecule has 2 rings (SSSR count). The number of carboxylic acids is 1. The van der Waals surface area contributed by atoms with Crippen LogP contribution in [-0.4, -0.2) is 16.1 Å². The number of benzene rings is 1. The highest BCUT2D eigenvalue weighted by molar-refractivity contribution is 5.90. The van der Waals surface area contributed by atoms with E-state index in [-0.39, 0.29) is 11.3 Å². The number of carboxylic acid groups (broad SMARTS) is 1. The van der Waals surface area contributed by atoms with Gasteiger partial charge in [-0.25, -0.2) is 14.2 Å². The lowest BCUT2D eigenvalue weighted by molar-refractivity contribution is -0.141. The van der Waals surface area contributed by atoms with Gasteiger partial charge in [-0.05, 0) is 42.8 Å². The molecule has 4 nitrogen and oxygen atoms in total. The smallest absolute Gasteiger partial charge is 0.433 e. The summed E-state index contributed by atoms with van der Waals surface area (Å²) in [6.45, 7) is 1.46. The molecule has 0 aliphatic carbocycles. The lowest BCUT2D eigenvalue weighted by atomic mass is 10.2. The summed E-state index contributed by atoms with van der Waals surface area (Å²) in [4.78, 5) is 14.3. The van der Waals surface area contributed by atoms with E-state index in [4.69, 9.17) is 9.84 Å². The van der Waals surface area contributed by atoms with E-state index in [9.17, 15) is 22.4 Å². The number of halogens is 4. The van der Waals surface area contributed by atoms with E-state index in [0.717, 1.165) is 18.2 Å². The standard InChI is InChI=1S/C14H9F4NO3/c1-7-6-8(15)2-4-10(7)22-12-9(13(20)21)3-5-11(19-12)14(16,17)18/h2-6H,1H3,(H,20,21). The normalized spacial score (nSPS) is 11.3. The Bertz CT molecular complexity index is 729. The molecular weight excluding hydrogens is 306 g/mol. The van der Waals surface area contributed by atoms with E-state index >= 15 is 0 Å². The van der Waals surface area contributed by atoms with Crippen LogP contribution in [0, 0.1) is 12.7 Å². The molecule has 0 unspecified atom stereocenters. The molecular formula is C14H9F4NO3. The highest BCUT2D eigenvalue weighted by atomic mass is 19.4. The Morgan fingerprint density at radius 3 is 2.45 bits per heavy atom. The maximum atomic E-state index is 13.0. The number of carbonyl (C=O) groups is 1. The molecule has 0 aliphatic rings. The van der Waals surface area contributed by atoms with Crippen LogP contribution in [0.1, 0.15) is 21.6 Å². The van der Waals surface area contributed by atoms with Gasteiger partial charge in [0, 0.05) is 0 Å². The highest BCUT2D eigenvalue weighted by Crippen LogP contribution is 2.32. The van der Waals surface area contributed by atoms with Crippen LogP contribution in [0.4, 0.5) is 17.6 Å². The quantitative estimate of drug-likeness (QED) is 0.869. The molecule has 0 saturated carbocycles. The van der Waals surface area contributed by atoms with E-state index in [1.807, 2.05) is 0 Å². The zero-order valence-electron chi connectivity index (χ0n) is 11.1. The van der Waals surface area contributed by atoms with Crippen molar-refractivity contribution in [1.29, 1.82) is 0 Å². The van der Waals surface area contributed by atoms with Crippen LogP contribution in [0.25, 0.3) is 0 Å². The molecule has 0 amide bonds. The fourth-order valence-electron chi connectivity index (χ4n) is 1.67. The number of pyridine rings is 1. The van der Waals surface area contributed by atoms with Crippen LogP contribution < -0.4 is 4.74 Å². The molecule has 0 spiro atoms. The van der Waals surface area contributed by atoms with Crippen molar-refractivity contribution in [2.75, 3.05) is 0 Å². The molecule has 0 aliphatic heterocycles. The average Bonchev–Trinajstić information content (AvgIpc) is 2.40. The Morgan fingerprint density at radius 1 is 1.23 bits per heavy atom. The number of nitrogens with zero attached hydrogens (tertiary/aromatic N) is 1. The van der Waals surface area contributed by atoms with Crippen LogP contribution in [0.5, 0.6) is 11.6 Å². The van der Waals surface area contributed by atoms with Gasteiger partial charge in [0.05, 0.1) is 0 Å². The topological polar surface area (TPSA) is 59.4 Å². The number of hydrogen-bond donors (Lipinski definition) is 1. The Hall–Kier alpha value is -2.64. The molecule has 0 bridgehead atoms. The summed E-state index contributed by atoms with van der Waals surface area (Å²) in [5.41, 5.74) is -1.53. The van der Waals surface area contributed by atoms with Crippen molar-refractivity contribution in [3.8, 4) is 11.6 Å². The van der Waals surface area contributed by atoms with Crippen LogP contribution in [-0.2, 0) is 6.18 Å². The lowest BCUT2D eigenvalue weighted by Gasteiger charge is -2.12. The first-order valence-electron chi connectivity index (χ1n) is 5.94. The zero-order valence-corrected chi connectivity index (χ0v) is 11.1. The summed E-state index contributed by atoms with van der Waals surface area (Å²) in [5.74, 6) is -2.75. The van der Waals surface area contributed by atoms with Gasteiger partial charge in [0.25, 0.3) is 0 Å². The predicted octanol–water partition coefficient (Wildman–Crippen LogP) is 4.04. The van der Waals surface area contributed by atoms with E-state index in [2.05, 4.69) is 4.98 Å². The lowest BCUT2D eigenvalue weighted by Crippen LogP contribution is -2.11. The van der Waals surface area contributed by atoms with Crippen molar-refractivity contribution in [1.82, 2.24) is 4.98 Å². The van der Waals surface area contributed by atoms with Crippen molar-refractivity contribution in [2.45, 2.75) is 13.1 Å². The number of rotatable bonds is 3. The van der Waals surface area contributed by atoms with Gasteiger partial charge in [0.15, 0.2) is 0 Å². The van der Waals surface area contributed by atoms with Crippen molar-refractivity contribution in [3.63, 3.8) is 0 Å². The molecule has 22 heavy (non-hydrogen) atoms. The number of aromatic nitrogens is 1. The fourth-order valence-corrected chi connectivity index (χ4v) is 1.67. The van der Waals surface area contributed by atoms with Gasteiger partial charge in [0.2, 0.25) is 5.88 Å². The van der Waals surface area contributed by atoms with E-state index in [1.165, 1.54) is 13.0 Å². The minimum Gasteiger partial charge on any atom is -0.477 e.